The number of nitrogens with zero attached hydrogens (tertiary/aromatic N) is 1. The number of carbonyl (C=O) groups excluding carboxylic acids is 2. The number of amides is 2. The molecule has 154 valence electrons. The third kappa shape index (κ3) is 3.16. The molecule has 0 bridgehead atoms. The molecule has 7 heteroatoms. The molecule has 0 unspecified atom stereocenters. The Balaban J connectivity index is 1.60. The van der Waals surface area contributed by atoms with E-state index in [4.69, 9.17) is 14.2 Å². The van der Waals surface area contributed by atoms with Gasteiger partial charge >= 0.3 is 0 Å². The zero-order valence-electron chi connectivity index (χ0n) is 16.6. The van der Waals surface area contributed by atoms with E-state index in [0.29, 0.717) is 34.2 Å². The number of hydrogen-bond acceptors (Lipinski definition) is 6. The summed E-state index contributed by atoms with van der Waals surface area (Å²) >= 11 is 0. The van der Waals surface area contributed by atoms with Crippen LogP contribution in [0.15, 0.2) is 78.5 Å². The summed E-state index contributed by atoms with van der Waals surface area (Å²) in [5, 5.41) is 3.13. The first-order chi connectivity index (χ1) is 15.2. The van der Waals surface area contributed by atoms with Crippen LogP contribution in [0.5, 0.6) is 17.2 Å². The van der Waals surface area contributed by atoms with E-state index in [9.17, 15) is 9.59 Å². The summed E-state index contributed by atoms with van der Waals surface area (Å²) in [4.78, 5) is 28.1. The van der Waals surface area contributed by atoms with E-state index in [1.807, 2.05) is 18.2 Å². The molecule has 5 rings (SSSR count). The van der Waals surface area contributed by atoms with Crippen molar-refractivity contribution in [2.45, 2.75) is 0 Å². The Kier molecular flexibility index (Phi) is 4.55. The van der Waals surface area contributed by atoms with Gasteiger partial charge in [-0.05, 0) is 29.8 Å². The van der Waals surface area contributed by atoms with Gasteiger partial charge in [0.2, 0.25) is 6.79 Å². The normalized spacial score (nSPS) is 14.9. The standard InChI is InChI=1S/C24H18N2O5/c1-29-18-10-6-5-9-17(18)26-23(27)21(15-7-3-2-4-8-15)22(24(26)28)25-16-11-12-19-20(13-16)31-14-30-19/h2-13,25H,14H2,1H3. The first kappa shape index (κ1) is 18.7. The molecule has 2 aliphatic heterocycles. The van der Waals surface area contributed by atoms with Gasteiger partial charge in [-0.15, -0.1) is 0 Å². The maximum atomic E-state index is 13.5. The zero-order chi connectivity index (χ0) is 21.4. The molecule has 0 atom stereocenters. The maximum absolute atomic E-state index is 13.5. The van der Waals surface area contributed by atoms with E-state index in [2.05, 4.69) is 5.32 Å². The summed E-state index contributed by atoms with van der Waals surface area (Å²) < 4.78 is 16.2. The number of para-hydroxylation sites is 2. The van der Waals surface area contributed by atoms with Gasteiger partial charge < -0.3 is 19.5 Å². The largest absolute Gasteiger partial charge is 0.495 e. The van der Waals surface area contributed by atoms with Crippen molar-refractivity contribution in [3.05, 3.63) is 84.1 Å². The highest BCUT2D eigenvalue weighted by molar-refractivity contribution is 6.46. The lowest BCUT2D eigenvalue weighted by Gasteiger charge is -2.18. The van der Waals surface area contributed by atoms with E-state index >= 15 is 0 Å². The predicted molar refractivity (Wildman–Crippen MR) is 115 cm³/mol. The zero-order valence-corrected chi connectivity index (χ0v) is 16.6. The van der Waals surface area contributed by atoms with Crippen LogP contribution in [-0.2, 0) is 9.59 Å². The monoisotopic (exact) mass is 414 g/mol. The molecule has 3 aromatic rings. The third-order valence-corrected chi connectivity index (χ3v) is 5.11. The second-order valence-corrected chi connectivity index (χ2v) is 6.93. The van der Waals surface area contributed by atoms with Gasteiger partial charge in [-0.25, -0.2) is 4.90 Å². The molecule has 0 spiro atoms. The van der Waals surface area contributed by atoms with E-state index in [1.54, 1.807) is 54.6 Å². The van der Waals surface area contributed by atoms with Crippen molar-refractivity contribution in [3.8, 4) is 17.2 Å². The van der Waals surface area contributed by atoms with Crippen LogP contribution >= 0.6 is 0 Å². The van der Waals surface area contributed by atoms with Gasteiger partial charge in [0.25, 0.3) is 11.8 Å². The second-order valence-electron chi connectivity index (χ2n) is 6.93. The first-order valence-electron chi connectivity index (χ1n) is 9.65. The number of anilines is 2. The summed E-state index contributed by atoms with van der Waals surface area (Å²) in [5.41, 5.74) is 2.10. The van der Waals surface area contributed by atoms with Crippen LogP contribution in [0.25, 0.3) is 5.57 Å². The fourth-order valence-electron chi connectivity index (χ4n) is 3.67. The van der Waals surface area contributed by atoms with Crippen molar-refractivity contribution >= 4 is 28.8 Å². The Bertz CT molecular complexity index is 1220. The van der Waals surface area contributed by atoms with Gasteiger partial charge in [-0.1, -0.05) is 42.5 Å². The lowest BCUT2D eigenvalue weighted by Crippen LogP contribution is -2.32. The van der Waals surface area contributed by atoms with Gasteiger partial charge in [0.15, 0.2) is 11.5 Å². The smallest absolute Gasteiger partial charge is 0.282 e. The van der Waals surface area contributed by atoms with Crippen molar-refractivity contribution < 1.29 is 23.8 Å². The number of nitrogens with one attached hydrogen (secondary N) is 1. The fourth-order valence-corrected chi connectivity index (χ4v) is 3.67. The molecule has 2 aliphatic rings. The van der Waals surface area contributed by atoms with Crippen LogP contribution < -0.4 is 24.4 Å². The number of imide groups is 1. The number of fused-ring (bicyclic) bond motifs is 1. The number of ether oxygens (including phenoxy) is 3. The van der Waals surface area contributed by atoms with Crippen LogP contribution in [0.2, 0.25) is 0 Å². The van der Waals surface area contributed by atoms with Crippen molar-refractivity contribution in [2.24, 2.45) is 0 Å². The van der Waals surface area contributed by atoms with Crippen molar-refractivity contribution in [1.29, 1.82) is 0 Å². The molecule has 0 fully saturated rings. The summed E-state index contributed by atoms with van der Waals surface area (Å²) in [5.74, 6) is 0.744. The molecule has 2 heterocycles. The quantitative estimate of drug-likeness (QED) is 0.640. The fraction of sp³-hybridized carbons (Fsp3) is 0.0833. The molecule has 0 aromatic heterocycles. The topological polar surface area (TPSA) is 77.1 Å². The summed E-state index contributed by atoms with van der Waals surface area (Å²) in [6.07, 6.45) is 0. The van der Waals surface area contributed by atoms with Crippen molar-refractivity contribution in [2.75, 3.05) is 24.1 Å². The molecule has 31 heavy (non-hydrogen) atoms. The van der Waals surface area contributed by atoms with E-state index in [1.165, 1.54) is 7.11 Å². The van der Waals surface area contributed by atoms with Crippen LogP contribution in [0.3, 0.4) is 0 Å². The van der Waals surface area contributed by atoms with Crippen LogP contribution in [-0.4, -0.2) is 25.7 Å². The SMILES string of the molecule is COc1ccccc1N1C(=O)C(Nc2ccc3c(c2)OCO3)=C(c2ccccc2)C1=O. The van der Waals surface area contributed by atoms with E-state index in [-0.39, 0.29) is 18.1 Å². The lowest BCUT2D eigenvalue weighted by molar-refractivity contribution is -0.120. The molecule has 7 nitrogen and oxygen atoms in total. The lowest BCUT2D eigenvalue weighted by atomic mass is 10.0. The van der Waals surface area contributed by atoms with Crippen molar-refractivity contribution in [1.82, 2.24) is 0 Å². The van der Waals surface area contributed by atoms with Crippen molar-refractivity contribution in [3.63, 3.8) is 0 Å². The highest BCUT2D eigenvalue weighted by Gasteiger charge is 2.41. The predicted octanol–water partition coefficient (Wildman–Crippen LogP) is 3.82. The molecular weight excluding hydrogens is 396 g/mol. The van der Waals surface area contributed by atoms with E-state index in [0.717, 1.165) is 4.90 Å². The molecule has 0 aliphatic carbocycles. The molecule has 3 aromatic carbocycles. The molecule has 0 saturated carbocycles. The Morgan fingerprint density at radius 3 is 2.42 bits per heavy atom. The van der Waals surface area contributed by atoms with Gasteiger partial charge in [-0.3, -0.25) is 9.59 Å². The number of carbonyl (C=O) groups is 2. The molecule has 0 radical (unpaired) electrons. The number of benzene rings is 3. The Morgan fingerprint density at radius 1 is 0.871 bits per heavy atom. The van der Waals surface area contributed by atoms with Crippen LogP contribution in [0.4, 0.5) is 11.4 Å². The molecular formula is C24H18N2O5. The highest BCUT2D eigenvalue weighted by atomic mass is 16.7. The average Bonchev–Trinajstić information content (AvgIpc) is 3.36. The van der Waals surface area contributed by atoms with Gasteiger partial charge in [0, 0.05) is 11.8 Å². The second kappa shape index (κ2) is 7.53. The number of hydrogen-bond donors (Lipinski definition) is 1. The number of methoxy groups -OCH3 is 1. The van der Waals surface area contributed by atoms with Gasteiger partial charge in [0.05, 0.1) is 18.4 Å². The summed E-state index contributed by atoms with van der Waals surface area (Å²) in [6, 6.07) is 21.3. The Labute approximate surface area is 178 Å². The molecule has 1 N–H and O–H groups in total. The maximum Gasteiger partial charge on any atom is 0.282 e. The Morgan fingerprint density at radius 2 is 1.61 bits per heavy atom. The van der Waals surface area contributed by atoms with E-state index < -0.39 is 11.8 Å². The summed E-state index contributed by atoms with van der Waals surface area (Å²) in [6.45, 7) is 0.149. The highest BCUT2D eigenvalue weighted by Crippen LogP contribution is 2.39. The first-order valence-corrected chi connectivity index (χ1v) is 9.65. The molecule has 0 saturated heterocycles. The number of rotatable bonds is 5. The van der Waals surface area contributed by atoms with Gasteiger partial charge in [-0.2, -0.15) is 0 Å². The minimum Gasteiger partial charge on any atom is -0.495 e. The Hall–Kier alpha value is -4.26. The van der Waals surface area contributed by atoms with Gasteiger partial charge in [0.1, 0.15) is 11.4 Å². The van der Waals surface area contributed by atoms with Crippen LogP contribution in [0, 0.1) is 0 Å². The van der Waals surface area contributed by atoms with Crippen LogP contribution in [0.1, 0.15) is 5.56 Å². The average molecular weight is 414 g/mol. The summed E-state index contributed by atoms with van der Waals surface area (Å²) in [7, 11) is 1.50. The minimum absolute atomic E-state index is 0.149. The molecule has 2 amide bonds. The third-order valence-electron chi connectivity index (χ3n) is 5.11. The minimum atomic E-state index is -0.467.